The summed E-state index contributed by atoms with van der Waals surface area (Å²) < 4.78 is 5.38. The van der Waals surface area contributed by atoms with Crippen molar-refractivity contribution in [1.29, 1.82) is 0 Å². The van der Waals surface area contributed by atoms with Crippen LogP contribution < -0.4 is 10.2 Å². The van der Waals surface area contributed by atoms with E-state index in [4.69, 9.17) is 4.74 Å². The molecule has 1 aromatic heterocycles. The average molecular weight is 333 g/mol. The van der Waals surface area contributed by atoms with Crippen LogP contribution in [0, 0.1) is 0 Å². The molecular formula is C20H19N3O2. The van der Waals surface area contributed by atoms with Crippen LogP contribution in [0.4, 0.5) is 11.4 Å². The predicted octanol–water partition coefficient (Wildman–Crippen LogP) is 3.32. The molecule has 126 valence electrons. The molecule has 0 saturated carbocycles. The Kier molecular flexibility index (Phi) is 4.31. The van der Waals surface area contributed by atoms with Crippen LogP contribution in [0.15, 0.2) is 60.8 Å². The smallest absolute Gasteiger partial charge is 0.256 e. The molecule has 0 atom stereocenters. The van der Waals surface area contributed by atoms with Gasteiger partial charge in [-0.3, -0.25) is 9.78 Å². The summed E-state index contributed by atoms with van der Waals surface area (Å²) in [7, 11) is 0. The fourth-order valence-corrected chi connectivity index (χ4v) is 3.08. The Bertz CT molecular complexity index is 882. The van der Waals surface area contributed by atoms with Gasteiger partial charge in [0.1, 0.15) is 0 Å². The van der Waals surface area contributed by atoms with Crippen LogP contribution in [0.2, 0.25) is 0 Å². The maximum Gasteiger partial charge on any atom is 0.256 e. The number of hydrogen-bond acceptors (Lipinski definition) is 4. The highest BCUT2D eigenvalue weighted by atomic mass is 16.5. The number of morpholine rings is 1. The van der Waals surface area contributed by atoms with E-state index >= 15 is 0 Å². The minimum absolute atomic E-state index is 0.127. The number of benzene rings is 2. The van der Waals surface area contributed by atoms with Crippen molar-refractivity contribution in [3.8, 4) is 0 Å². The van der Waals surface area contributed by atoms with E-state index < -0.39 is 0 Å². The summed E-state index contributed by atoms with van der Waals surface area (Å²) in [4.78, 5) is 19.2. The Labute approximate surface area is 146 Å². The fourth-order valence-electron chi connectivity index (χ4n) is 3.08. The first-order valence-electron chi connectivity index (χ1n) is 8.39. The molecule has 1 aliphatic heterocycles. The van der Waals surface area contributed by atoms with Gasteiger partial charge in [0.05, 0.1) is 18.7 Å². The van der Waals surface area contributed by atoms with Gasteiger partial charge in [-0.2, -0.15) is 0 Å². The van der Waals surface area contributed by atoms with Gasteiger partial charge in [0, 0.05) is 41.6 Å². The van der Waals surface area contributed by atoms with Crippen molar-refractivity contribution in [2.75, 3.05) is 36.5 Å². The number of hydrogen-bond donors (Lipinski definition) is 1. The van der Waals surface area contributed by atoms with Crippen LogP contribution in [0.3, 0.4) is 0 Å². The van der Waals surface area contributed by atoms with Gasteiger partial charge in [0.25, 0.3) is 5.91 Å². The largest absolute Gasteiger partial charge is 0.378 e. The van der Waals surface area contributed by atoms with Crippen molar-refractivity contribution < 1.29 is 9.53 Å². The lowest BCUT2D eigenvalue weighted by Gasteiger charge is -2.28. The standard InChI is InChI=1S/C20H19N3O2/c24-20(18-3-1-5-19-17(18)4-2-10-21-19)22-15-6-8-16(9-7-15)23-11-13-25-14-12-23/h1-10H,11-14H2,(H,22,24). The van der Waals surface area contributed by atoms with E-state index in [1.165, 1.54) is 0 Å². The summed E-state index contributed by atoms with van der Waals surface area (Å²) in [6.45, 7) is 3.31. The van der Waals surface area contributed by atoms with Gasteiger partial charge in [-0.15, -0.1) is 0 Å². The summed E-state index contributed by atoms with van der Waals surface area (Å²) in [5, 5.41) is 3.82. The van der Waals surface area contributed by atoms with E-state index in [2.05, 4.69) is 15.2 Å². The third kappa shape index (κ3) is 3.32. The number of pyridine rings is 1. The van der Waals surface area contributed by atoms with E-state index in [-0.39, 0.29) is 5.91 Å². The molecule has 0 radical (unpaired) electrons. The van der Waals surface area contributed by atoms with E-state index in [9.17, 15) is 4.79 Å². The predicted molar refractivity (Wildman–Crippen MR) is 99.2 cm³/mol. The zero-order valence-corrected chi connectivity index (χ0v) is 13.8. The van der Waals surface area contributed by atoms with Crippen molar-refractivity contribution in [2.24, 2.45) is 0 Å². The van der Waals surface area contributed by atoms with Crippen molar-refractivity contribution in [3.05, 3.63) is 66.4 Å². The van der Waals surface area contributed by atoms with E-state index in [1.54, 1.807) is 6.20 Å². The van der Waals surface area contributed by atoms with E-state index in [0.717, 1.165) is 48.6 Å². The number of rotatable bonds is 3. The fraction of sp³-hybridized carbons (Fsp3) is 0.200. The molecule has 2 heterocycles. The quantitative estimate of drug-likeness (QED) is 0.799. The Morgan fingerprint density at radius 1 is 1.00 bits per heavy atom. The SMILES string of the molecule is O=C(Nc1ccc(N2CCOCC2)cc1)c1cccc2ncccc12. The summed E-state index contributed by atoms with van der Waals surface area (Å²) in [5.74, 6) is -0.127. The highest BCUT2D eigenvalue weighted by Crippen LogP contribution is 2.21. The molecule has 4 rings (SSSR count). The zero-order valence-electron chi connectivity index (χ0n) is 13.8. The number of carbonyl (C=O) groups is 1. The number of carbonyl (C=O) groups excluding carboxylic acids is 1. The monoisotopic (exact) mass is 333 g/mol. The number of fused-ring (bicyclic) bond motifs is 1. The van der Waals surface area contributed by atoms with Crippen LogP contribution in [0.5, 0.6) is 0 Å². The first-order chi connectivity index (χ1) is 12.3. The lowest BCUT2D eigenvalue weighted by atomic mass is 10.1. The molecule has 1 amide bonds. The molecule has 0 unspecified atom stereocenters. The van der Waals surface area contributed by atoms with Crippen LogP contribution in [-0.2, 0) is 4.74 Å². The molecular weight excluding hydrogens is 314 g/mol. The summed E-state index contributed by atoms with van der Waals surface area (Å²) >= 11 is 0. The topological polar surface area (TPSA) is 54.5 Å². The Balaban J connectivity index is 1.52. The van der Waals surface area contributed by atoms with Crippen molar-refractivity contribution in [2.45, 2.75) is 0 Å². The van der Waals surface area contributed by atoms with Gasteiger partial charge in [0.15, 0.2) is 0 Å². The number of aromatic nitrogens is 1. The van der Waals surface area contributed by atoms with Gasteiger partial charge >= 0.3 is 0 Å². The highest BCUT2D eigenvalue weighted by molar-refractivity contribution is 6.12. The molecule has 1 N–H and O–H groups in total. The first kappa shape index (κ1) is 15.6. The van der Waals surface area contributed by atoms with Crippen molar-refractivity contribution >= 4 is 28.2 Å². The molecule has 0 aliphatic carbocycles. The highest BCUT2D eigenvalue weighted by Gasteiger charge is 2.13. The molecule has 0 bridgehead atoms. The third-order valence-electron chi connectivity index (χ3n) is 4.39. The second-order valence-electron chi connectivity index (χ2n) is 5.98. The molecule has 5 heteroatoms. The van der Waals surface area contributed by atoms with Crippen molar-refractivity contribution in [1.82, 2.24) is 4.98 Å². The minimum atomic E-state index is -0.127. The number of ether oxygens (including phenoxy) is 1. The van der Waals surface area contributed by atoms with Gasteiger partial charge in [0.2, 0.25) is 0 Å². The molecule has 3 aromatic rings. The first-order valence-corrected chi connectivity index (χ1v) is 8.39. The molecule has 5 nitrogen and oxygen atoms in total. The second kappa shape index (κ2) is 6.91. The molecule has 1 saturated heterocycles. The number of anilines is 2. The summed E-state index contributed by atoms with van der Waals surface area (Å²) in [6.07, 6.45) is 1.73. The molecule has 1 aliphatic rings. The maximum atomic E-state index is 12.6. The second-order valence-corrected chi connectivity index (χ2v) is 5.98. The lowest BCUT2D eigenvalue weighted by Crippen LogP contribution is -2.36. The molecule has 0 spiro atoms. The molecule has 1 fully saturated rings. The van der Waals surface area contributed by atoms with Gasteiger partial charge in [-0.25, -0.2) is 0 Å². The Hall–Kier alpha value is -2.92. The summed E-state index contributed by atoms with van der Waals surface area (Å²) in [5.41, 5.74) is 3.37. The number of amides is 1. The minimum Gasteiger partial charge on any atom is -0.378 e. The van der Waals surface area contributed by atoms with E-state index in [1.807, 2.05) is 54.6 Å². The van der Waals surface area contributed by atoms with Crippen LogP contribution in [0.25, 0.3) is 10.9 Å². The van der Waals surface area contributed by atoms with E-state index in [0.29, 0.717) is 5.56 Å². The van der Waals surface area contributed by atoms with Crippen LogP contribution in [0.1, 0.15) is 10.4 Å². The average Bonchev–Trinajstić information content (AvgIpc) is 2.69. The van der Waals surface area contributed by atoms with Gasteiger partial charge in [-0.1, -0.05) is 12.1 Å². The summed E-state index contributed by atoms with van der Waals surface area (Å²) in [6, 6.07) is 17.3. The number of nitrogens with one attached hydrogen (secondary N) is 1. The third-order valence-corrected chi connectivity index (χ3v) is 4.39. The van der Waals surface area contributed by atoms with Crippen LogP contribution in [-0.4, -0.2) is 37.2 Å². The Morgan fingerprint density at radius 3 is 2.60 bits per heavy atom. The Morgan fingerprint density at radius 2 is 1.80 bits per heavy atom. The normalized spacial score (nSPS) is 14.5. The maximum absolute atomic E-state index is 12.6. The van der Waals surface area contributed by atoms with Crippen molar-refractivity contribution in [3.63, 3.8) is 0 Å². The van der Waals surface area contributed by atoms with Crippen LogP contribution >= 0.6 is 0 Å². The molecule has 2 aromatic carbocycles. The zero-order chi connectivity index (χ0) is 17.1. The lowest BCUT2D eigenvalue weighted by molar-refractivity contribution is 0.102. The molecule has 25 heavy (non-hydrogen) atoms. The van der Waals surface area contributed by atoms with Gasteiger partial charge < -0.3 is 15.0 Å². The number of nitrogens with zero attached hydrogens (tertiary/aromatic N) is 2. The van der Waals surface area contributed by atoms with Gasteiger partial charge in [-0.05, 0) is 42.5 Å².